The molecule has 0 radical (unpaired) electrons. The average Bonchev–Trinajstić information content (AvgIpc) is 2.87. The molecule has 0 aliphatic carbocycles. The summed E-state index contributed by atoms with van der Waals surface area (Å²) in [6, 6.07) is 23.6. The van der Waals surface area contributed by atoms with E-state index in [-0.39, 0.29) is 23.4 Å². The average molecular weight is 493 g/mol. The van der Waals surface area contributed by atoms with Crippen LogP contribution in [0, 0.1) is 12.7 Å². The molecule has 1 atom stereocenters. The maximum absolute atomic E-state index is 14.0. The number of benzene rings is 3. The van der Waals surface area contributed by atoms with E-state index in [4.69, 9.17) is 0 Å². The predicted octanol–water partition coefficient (Wildman–Crippen LogP) is 5.53. The van der Waals surface area contributed by atoms with Crippen LogP contribution in [0.1, 0.15) is 35.6 Å². The van der Waals surface area contributed by atoms with Gasteiger partial charge < -0.3 is 10.2 Å². The Hall–Kier alpha value is -3.12. The maximum atomic E-state index is 14.0. The summed E-state index contributed by atoms with van der Waals surface area (Å²) in [6.07, 6.45) is 1.24. The fourth-order valence-electron chi connectivity index (χ4n) is 3.84. The van der Waals surface area contributed by atoms with E-state index < -0.39 is 6.04 Å². The Morgan fingerprint density at radius 1 is 0.943 bits per heavy atom. The highest BCUT2D eigenvalue weighted by Gasteiger charge is 2.30. The second-order valence-corrected chi connectivity index (χ2v) is 9.51. The summed E-state index contributed by atoms with van der Waals surface area (Å²) in [5, 5.41) is 2.99. The molecular formula is C29H33FN2O2S. The second kappa shape index (κ2) is 13.7. The molecule has 0 spiro atoms. The minimum atomic E-state index is -0.648. The third-order valence-electron chi connectivity index (χ3n) is 5.86. The van der Waals surface area contributed by atoms with E-state index >= 15 is 0 Å². The number of carbonyl (C=O) groups is 2. The number of amides is 2. The van der Waals surface area contributed by atoms with Gasteiger partial charge in [0.15, 0.2) is 0 Å². The minimum absolute atomic E-state index is 0.137. The van der Waals surface area contributed by atoms with Crippen LogP contribution in [0.2, 0.25) is 0 Å². The monoisotopic (exact) mass is 492 g/mol. The van der Waals surface area contributed by atoms with Crippen molar-refractivity contribution in [2.45, 2.75) is 45.0 Å². The van der Waals surface area contributed by atoms with E-state index in [2.05, 4.69) is 5.32 Å². The Kier molecular flexibility index (Phi) is 10.4. The van der Waals surface area contributed by atoms with Crippen molar-refractivity contribution in [3.05, 3.63) is 107 Å². The normalized spacial score (nSPS) is 11.6. The van der Waals surface area contributed by atoms with Crippen molar-refractivity contribution in [2.75, 3.05) is 12.3 Å². The summed E-state index contributed by atoms with van der Waals surface area (Å²) in [7, 11) is 0. The standard InChI is InChI=1S/C29H33FN2O2S/c1-3-17-31-29(34)27(18-23-12-5-4-6-13-23)32(19-24-14-8-7-11-22(24)2)28(33)21-35-20-25-15-9-10-16-26(25)30/h4-16,27H,3,17-21H2,1-2H3,(H,31,34)/t27-/m0/s1. The Balaban J connectivity index is 1.85. The van der Waals surface area contributed by atoms with E-state index in [9.17, 15) is 14.0 Å². The molecule has 184 valence electrons. The SMILES string of the molecule is CCCNC(=O)[C@H](Cc1ccccc1)N(Cc1ccccc1C)C(=O)CSCc1ccccc1F. The zero-order valence-electron chi connectivity index (χ0n) is 20.4. The molecule has 35 heavy (non-hydrogen) atoms. The number of hydrogen-bond donors (Lipinski definition) is 1. The third kappa shape index (κ3) is 7.96. The number of nitrogens with one attached hydrogen (secondary N) is 1. The minimum Gasteiger partial charge on any atom is -0.354 e. The van der Waals surface area contributed by atoms with Gasteiger partial charge in [-0.15, -0.1) is 11.8 Å². The summed E-state index contributed by atoms with van der Waals surface area (Å²) < 4.78 is 14.0. The number of rotatable bonds is 12. The van der Waals surface area contributed by atoms with Gasteiger partial charge in [-0.3, -0.25) is 9.59 Å². The van der Waals surface area contributed by atoms with Gasteiger partial charge in [-0.2, -0.15) is 0 Å². The fraction of sp³-hybridized carbons (Fsp3) is 0.310. The lowest BCUT2D eigenvalue weighted by Gasteiger charge is -2.32. The van der Waals surface area contributed by atoms with Crippen LogP contribution in [0.4, 0.5) is 4.39 Å². The van der Waals surface area contributed by atoms with Gasteiger partial charge in [0.1, 0.15) is 11.9 Å². The highest BCUT2D eigenvalue weighted by atomic mass is 32.2. The Bertz CT molecular complexity index is 1110. The molecule has 1 N–H and O–H groups in total. The Morgan fingerprint density at radius 2 is 1.60 bits per heavy atom. The summed E-state index contributed by atoms with van der Waals surface area (Å²) in [4.78, 5) is 28.6. The molecule has 3 aromatic carbocycles. The predicted molar refractivity (Wildman–Crippen MR) is 142 cm³/mol. The number of thioether (sulfide) groups is 1. The quantitative estimate of drug-likeness (QED) is 0.362. The molecule has 6 heteroatoms. The summed E-state index contributed by atoms with van der Waals surface area (Å²) in [5.74, 6) is -0.0156. The van der Waals surface area contributed by atoms with Crippen molar-refractivity contribution >= 4 is 23.6 Å². The van der Waals surface area contributed by atoms with Crippen molar-refractivity contribution in [2.24, 2.45) is 0 Å². The van der Waals surface area contributed by atoms with Crippen LogP contribution in [0.25, 0.3) is 0 Å². The molecule has 0 heterocycles. The van der Waals surface area contributed by atoms with E-state index in [1.807, 2.05) is 68.4 Å². The Labute approximate surface area is 211 Å². The topological polar surface area (TPSA) is 49.4 Å². The molecule has 0 aliphatic rings. The third-order valence-corrected chi connectivity index (χ3v) is 6.83. The lowest BCUT2D eigenvalue weighted by atomic mass is 10.0. The van der Waals surface area contributed by atoms with E-state index in [1.54, 1.807) is 23.1 Å². The highest BCUT2D eigenvalue weighted by molar-refractivity contribution is 7.99. The van der Waals surface area contributed by atoms with Gasteiger partial charge in [0.2, 0.25) is 11.8 Å². The molecule has 0 aliphatic heterocycles. The first-order valence-corrected chi connectivity index (χ1v) is 13.1. The van der Waals surface area contributed by atoms with E-state index in [0.717, 1.165) is 23.1 Å². The second-order valence-electron chi connectivity index (χ2n) is 8.53. The first-order valence-electron chi connectivity index (χ1n) is 12.0. The van der Waals surface area contributed by atoms with Crippen molar-refractivity contribution in [3.8, 4) is 0 Å². The maximum Gasteiger partial charge on any atom is 0.243 e. The van der Waals surface area contributed by atoms with E-state index in [0.29, 0.717) is 30.8 Å². The molecule has 3 rings (SSSR count). The highest BCUT2D eigenvalue weighted by Crippen LogP contribution is 2.20. The lowest BCUT2D eigenvalue weighted by Crippen LogP contribution is -2.51. The van der Waals surface area contributed by atoms with Crippen molar-refractivity contribution < 1.29 is 14.0 Å². The number of nitrogens with zero attached hydrogens (tertiary/aromatic N) is 1. The molecular weight excluding hydrogens is 459 g/mol. The molecule has 0 saturated carbocycles. The number of halogens is 1. The number of carbonyl (C=O) groups excluding carboxylic acids is 2. The van der Waals surface area contributed by atoms with Crippen LogP contribution in [0.15, 0.2) is 78.9 Å². The molecule has 0 bridgehead atoms. The zero-order chi connectivity index (χ0) is 25.0. The van der Waals surface area contributed by atoms with Gasteiger partial charge in [-0.25, -0.2) is 4.39 Å². The van der Waals surface area contributed by atoms with Gasteiger partial charge in [0.25, 0.3) is 0 Å². The van der Waals surface area contributed by atoms with Crippen LogP contribution < -0.4 is 5.32 Å². The van der Waals surface area contributed by atoms with Gasteiger partial charge in [-0.1, -0.05) is 79.7 Å². The van der Waals surface area contributed by atoms with E-state index in [1.165, 1.54) is 17.8 Å². The smallest absolute Gasteiger partial charge is 0.243 e. The lowest BCUT2D eigenvalue weighted by molar-refractivity contribution is -0.139. The van der Waals surface area contributed by atoms with Crippen LogP contribution in [-0.2, 0) is 28.3 Å². The van der Waals surface area contributed by atoms with Crippen LogP contribution >= 0.6 is 11.8 Å². The van der Waals surface area contributed by atoms with Crippen molar-refractivity contribution in [3.63, 3.8) is 0 Å². The van der Waals surface area contributed by atoms with Crippen LogP contribution in [-0.4, -0.2) is 35.1 Å². The first-order chi connectivity index (χ1) is 17.0. The largest absolute Gasteiger partial charge is 0.354 e. The molecule has 0 fully saturated rings. The van der Waals surface area contributed by atoms with Gasteiger partial charge in [0, 0.05) is 25.3 Å². The van der Waals surface area contributed by atoms with Crippen molar-refractivity contribution in [1.29, 1.82) is 0 Å². The van der Waals surface area contributed by atoms with Crippen LogP contribution in [0.5, 0.6) is 0 Å². The fourth-order valence-corrected chi connectivity index (χ4v) is 4.73. The molecule has 0 saturated heterocycles. The van der Waals surface area contributed by atoms with Crippen molar-refractivity contribution in [1.82, 2.24) is 10.2 Å². The molecule has 0 unspecified atom stereocenters. The van der Waals surface area contributed by atoms with Crippen LogP contribution in [0.3, 0.4) is 0 Å². The molecule has 4 nitrogen and oxygen atoms in total. The number of hydrogen-bond acceptors (Lipinski definition) is 3. The van der Waals surface area contributed by atoms with Gasteiger partial charge in [-0.05, 0) is 41.7 Å². The van der Waals surface area contributed by atoms with Gasteiger partial charge >= 0.3 is 0 Å². The zero-order valence-corrected chi connectivity index (χ0v) is 21.2. The first kappa shape index (κ1) is 26.5. The number of aryl methyl sites for hydroxylation is 1. The molecule has 2 amide bonds. The summed E-state index contributed by atoms with van der Waals surface area (Å²) in [5.41, 5.74) is 3.63. The summed E-state index contributed by atoms with van der Waals surface area (Å²) >= 11 is 1.36. The summed E-state index contributed by atoms with van der Waals surface area (Å²) in [6.45, 7) is 4.90. The Morgan fingerprint density at radius 3 is 2.29 bits per heavy atom. The van der Waals surface area contributed by atoms with Gasteiger partial charge in [0.05, 0.1) is 5.75 Å². The molecule has 0 aromatic heterocycles. The molecule has 3 aromatic rings.